The van der Waals surface area contributed by atoms with Gasteiger partial charge in [0.2, 0.25) is 0 Å². The molecule has 0 bridgehead atoms. The van der Waals surface area contributed by atoms with Gasteiger partial charge in [-0.15, -0.1) is 0 Å². The van der Waals surface area contributed by atoms with Gasteiger partial charge in [-0.25, -0.2) is 5.73 Å². The van der Waals surface area contributed by atoms with Gasteiger partial charge in [0.25, 0.3) is 0 Å². The molecule has 0 aliphatic rings. The highest BCUT2D eigenvalue weighted by Crippen LogP contribution is 2.15. The summed E-state index contributed by atoms with van der Waals surface area (Å²) in [4.78, 5) is 0. The van der Waals surface area contributed by atoms with E-state index in [1.54, 1.807) is 13.8 Å². The van der Waals surface area contributed by atoms with Gasteiger partial charge in [-0.05, 0) is 12.8 Å². The van der Waals surface area contributed by atoms with E-state index in [4.69, 9.17) is 10.8 Å². The SMILES string of the molecule is CCC(O)C([NH])(CC)CO. The second kappa shape index (κ2) is 3.91. The molecule has 0 saturated heterocycles. The number of aliphatic hydroxyl groups excluding tert-OH is 2. The van der Waals surface area contributed by atoms with Crippen LogP contribution in [0, 0.1) is 0 Å². The summed E-state index contributed by atoms with van der Waals surface area (Å²) in [6, 6.07) is 0. The van der Waals surface area contributed by atoms with Crippen LogP contribution in [-0.2, 0) is 0 Å². The van der Waals surface area contributed by atoms with Gasteiger partial charge in [0.05, 0.1) is 18.2 Å². The van der Waals surface area contributed by atoms with Crippen molar-refractivity contribution in [2.24, 2.45) is 0 Å². The van der Waals surface area contributed by atoms with Gasteiger partial charge in [-0.3, -0.25) is 0 Å². The van der Waals surface area contributed by atoms with Crippen LogP contribution < -0.4 is 5.73 Å². The second-order valence-corrected chi connectivity index (χ2v) is 2.59. The van der Waals surface area contributed by atoms with Gasteiger partial charge < -0.3 is 10.2 Å². The molecule has 0 heterocycles. The van der Waals surface area contributed by atoms with Crippen molar-refractivity contribution in [1.82, 2.24) is 5.73 Å². The van der Waals surface area contributed by atoms with Gasteiger partial charge in [0, 0.05) is 0 Å². The average Bonchev–Trinajstić information content (AvgIpc) is 2.01. The van der Waals surface area contributed by atoms with Gasteiger partial charge in [0.15, 0.2) is 0 Å². The molecule has 3 N–H and O–H groups in total. The third-order valence-electron chi connectivity index (χ3n) is 1.94. The molecule has 2 atom stereocenters. The molecule has 0 aliphatic heterocycles. The first-order valence-corrected chi connectivity index (χ1v) is 3.64. The zero-order chi connectivity index (χ0) is 8.20. The highest BCUT2D eigenvalue weighted by atomic mass is 16.3. The topological polar surface area (TPSA) is 64.3 Å². The predicted octanol–water partition coefficient (Wildman–Crippen LogP) is 0.181. The molecule has 0 aliphatic carbocycles. The van der Waals surface area contributed by atoms with Crippen LogP contribution in [0.4, 0.5) is 0 Å². The third-order valence-corrected chi connectivity index (χ3v) is 1.94. The molecule has 0 aromatic rings. The van der Waals surface area contributed by atoms with E-state index in [0.29, 0.717) is 12.8 Å². The van der Waals surface area contributed by atoms with Crippen molar-refractivity contribution < 1.29 is 10.2 Å². The van der Waals surface area contributed by atoms with E-state index < -0.39 is 11.6 Å². The normalized spacial score (nSPS) is 20.1. The van der Waals surface area contributed by atoms with Crippen molar-refractivity contribution in [3.05, 3.63) is 0 Å². The summed E-state index contributed by atoms with van der Waals surface area (Å²) < 4.78 is 0. The van der Waals surface area contributed by atoms with Crippen molar-refractivity contribution >= 4 is 0 Å². The lowest BCUT2D eigenvalue weighted by atomic mass is 9.90. The molecule has 3 heteroatoms. The quantitative estimate of drug-likeness (QED) is 0.594. The van der Waals surface area contributed by atoms with E-state index in [1.165, 1.54) is 0 Å². The molecule has 0 spiro atoms. The lowest BCUT2D eigenvalue weighted by Crippen LogP contribution is -2.46. The van der Waals surface area contributed by atoms with Crippen LogP contribution in [0.25, 0.3) is 0 Å². The highest BCUT2D eigenvalue weighted by molar-refractivity contribution is 4.87. The Morgan fingerprint density at radius 3 is 2.10 bits per heavy atom. The van der Waals surface area contributed by atoms with Crippen molar-refractivity contribution in [2.45, 2.75) is 38.3 Å². The summed E-state index contributed by atoms with van der Waals surface area (Å²) >= 11 is 0. The molecule has 0 amide bonds. The molecule has 10 heavy (non-hydrogen) atoms. The van der Waals surface area contributed by atoms with Gasteiger partial charge >= 0.3 is 0 Å². The third kappa shape index (κ3) is 1.94. The molecule has 0 aromatic heterocycles. The van der Waals surface area contributed by atoms with Crippen LogP contribution in [-0.4, -0.2) is 28.5 Å². The fourth-order valence-corrected chi connectivity index (χ4v) is 0.844. The van der Waals surface area contributed by atoms with E-state index >= 15 is 0 Å². The van der Waals surface area contributed by atoms with Crippen molar-refractivity contribution in [2.75, 3.05) is 6.61 Å². The summed E-state index contributed by atoms with van der Waals surface area (Å²) in [6.07, 6.45) is 0.304. The molecular weight excluding hydrogens is 130 g/mol. The first-order valence-electron chi connectivity index (χ1n) is 3.64. The lowest BCUT2D eigenvalue weighted by Gasteiger charge is -2.29. The Morgan fingerprint density at radius 1 is 1.50 bits per heavy atom. The Hall–Kier alpha value is -0.120. The minimum atomic E-state index is -1.05. The summed E-state index contributed by atoms with van der Waals surface area (Å²) in [7, 11) is 0. The monoisotopic (exact) mass is 146 g/mol. The zero-order valence-corrected chi connectivity index (χ0v) is 6.59. The van der Waals surface area contributed by atoms with E-state index in [1.807, 2.05) is 0 Å². The molecule has 0 aromatic carbocycles. The fourth-order valence-electron chi connectivity index (χ4n) is 0.844. The van der Waals surface area contributed by atoms with Crippen LogP contribution in [0.2, 0.25) is 0 Å². The van der Waals surface area contributed by atoms with Crippen molar-refractivity contribution in [3.8, 4) is 0 Å². The smallest absolute Gasteiger partial charge is 0.0809 e. The highest BCUT2D eigenvalue weighted by Gasteiger charge is 2.30. The first-order chi connectivity index (χ1) is 4.60. The van der Waals surface area contributed by atoms with Gasteiger partial charge in [0.1, 0.15) is 0 Å². The maximum absolute atomic E-state index is 9.23. The van der Waals surface area contributed by atoms with Crippen LogP contribution >= 0.6 is 0 Å². The second-order valence-electron chi connectivity index (χ2n) is 2.59. The van der Waals surface area contributed by atoms with Crippen LogP contribution in [0.1, 0.15) is 26.7 Å². The van der Waals surface area contributed by atoms with E-state index in [9.17, 15) is 5.11 Å². The van der Waals surface area contributed by atoms with Gasteiger partial charge in [-0.1, -0.05) is 13.8 Å². The largest absolute Gasteiger partial charge is 0.394 e. The van der Waals surface area contributed by atoms with Crippen molar-refractivity contribution in [1.29, 1.82) is 0 Å². The number of aliphatic hydroxyl groups is 2. The summed E-state index contributed by atoms with van der Waals surface area (Å²) in [5.41, 5.74) is 6.48. The van der Waals surface area contributed by atoms with E-state index in [0.717, 1.165) is 0 Å². The van der Waals surface area contributed by atoms with Crippen LogP contribution in [0.5, 0.6) is 0 Å². The zero-order valence-electron chi connectivity index (χ0n) is 6.59. The van der Waals surface area contributed by atoms with Crippen molar-refractivity contribution in [3.63, 3.8) is 0 Å². The molecule has 0 rings (SSSR count). The fraction of sp³-hybridized carbons (Fsp3) is 1.00. The average molecular weight is 146 g/mol. The lowest BCUT2D eigenvalue weighted by molar-refractivity contribution is 0.0335. The predicted molar refractivity (Wildman–Crippen MR) is 39.5 cm³/mol. The molecule has 61 valence electrons. The molecule has 0 saturated carbocycles. The first kappa shape index (κ1) is 9.88. The minimum absolute atomic E-state index is 0.265. The number of hydrogen-bond donors (Lipinski definition) is 2. The standard InChI is InChI=1S/C7H16NO2/c1-3-6(10)7(8,4-2)5-9/h6,8-10H,3-5H2,1-2H3. The summed E-state index contributed by atoms with van der Waals surface area (Å²) in [5.74, 6) is 0. The molecule has 3 nitrogen and oxygen atoms in total. The van der Waals surface area contributed by atoms with Gasteiger partial charge in [-0.2, -0.15) is 0 Å². The molecular formula is C7H16NO2. The number of rotatable bonds is 4. The maximum Gasteiger partial charge on any atom is 0.0809 e. The Labute approximate surface area is 61.9 Å². The van der Waals surface area contributed by atoms with E-state index in [2.05, 4.69) is 0 Å². The summed E-state index contributed by atoms with van der Waals surface area (Å²) in [5, 5.41) is 18.0. The Balaban J connectivity index is 4.02. The Bertz CT molecular complexity index is 91.6. The minimum Gasteiger partial charge on any atom is -0.394 e. The van der Waals surface area contributed by atoms with E-state index in [-0.39, 0.29) is 6.61 Å². The maximum atomic E-state index is 9.23. The summed E-state index contributed by atoms with van der Waals surface area (Å²) in [6.45, 7) is 3.33. The number of nitrogens with one attached hydrogen (secondary N) is 1. The van der Waals surface area contributed by atoms with Crippen LogP contribution in [0.15, 0.2) is 0 Å². The Kier molecular flexibility index (Phi) is 3.86. The number of hydrogen-bond acceptors (Lipinski definition) is 2. The van der Waals surface area contributed by atoms with Crippen LogP contribution in [0.3, 0.4) is 0 Å². The molecule has 2 unspecified atom stereocenters. The Morgan fingerprint density at radius 2 is 2.00 bits per heavy atom. The molecule has 1 radical (unpaired) electrons. The molecule has 0 fully saturated rings.